The van der Waals surface area contributed by atoms with Gasteiger partial charge in [0.05, 0.1) is 22.8 Å². The molecule has 5 nitrogen and oxygen atoms in total. The molecule has 19 heavy (non-hydrogen) atoms. The van der Waals surface area contributed by atoms with Crippen LogP contribution in [0.25, 0.3) is 0 Å². The average Bonchev–Trinajstić information content (AvgIpc) is 3.13. The maximum atomic E-state index is 11.9. The van der Waals surface area contributed by atoms with Crippen molar-refractivity contribution in [2.75, 3.05) is 18.0 Å². The molecule has 1 amide bonds. The summed E-state index contributed by atoms with van der Waals surface area (Å²) < 4.78 is 8.26. The van der Waals surface area contributed by atoms with Gasteiger partial charge in [-0.05, 0) is 24.3 Å². The third-order valence-electron chi connectivity index (χ3n) is 3.25. The molecule has 1 aliphatic rings. The van der Waals surface area contributed by atoms with Crippen molar-refractivity contribution in [2.45, 2.75) is 18.9 Å². The molecule has 0 spiro atoms. The minimum Gasteiger partial charge on any atom is -0.354 e. The number of piperidine rings is 1. The lowest BCUT2D eigenvalue weighted by atomic mass is 10.1. The average molecular weight is 294 g/mol. The summed E-state index contributed by atoms with van der Waals surface area (Å²) in [6.45, 7) is 1.83. The quantitative estimate of drug-likeness (QED) is 0.940. The normalized spacial score (nSPS) is 16.5. The zero-order valence-electron chi connectivity index (χ0n) is 10.3. The van der Waals surface area contributed by atoms with E-state index in [1.165, 1.54) is 23.1 Å². The molecule has 3 heterocycles. The summed E-state index contributed by atoms with van der Waals surface area (Å²) in [5, 5.41) is 5.02. The maximum Gasteiger partial charge on any atom is 0.261 e. The molecule has 3 rings (SSSR count). The predicted octanol–water partition coefficient (Wildman–Crippen LogP) is 2.00. The lowest BCUT2D eigenvalue weighted by Crippen LogP contribution is -2.44. The Kier molecular flexibility index (Phi) is 3.74. The molecule has 100 valence electrons. The molecular formula is C12H14N4OS2. The third kappa shape index (κ3) is 2.93. The minimum atomic E-state index is 0.0452. The molecule has 0 saturated carbocycles. The van der Waals surface area contributed by atoms with Crippen LogP contribution >= 0.6 is 23.1 Å². The minimum absolute atomic E-state index is 0.0452. The van der Waals surface area contributed by atoms with E-state index in [4.69, 9.17) is 0 Å². The van der Waals surface area contributed by atoms with E-state index >= 15 is 0 Å². The van der Waals surface area contributed by atoms with E-state index in [0.29, 0.717) is 0 Å². The van der Waals surface area contributed by atoms with Crippen molar-refractivity contribution in [3.63, 3.8) is 0 Å². The summed E-state index contributed by atoms with van der Waals surface area (Å²) in [6.07, 6.45) is 3.71. The summed E-state index contributed by atoms with van der Waals surface area (Å²) in [5.74, 6) is 0.997. The van der Waals surface area contributed by atoms with Crippen LogP contribution in [0.4, 0.5) is 5.82 Å². The Bertz CT molecular complexity index is 518. The molecule has 0 radical (unpaired) electrons. The molecule has 1 N–H and O–H groups in total. The molecule has 2 aromatic rings. The van der Waals surface area contributed by atoms with Crippen molar-refractivity contribution < 1.29 is 4.79 Å². The van der Waals surface area contributed by atoms with Gasteiger partial charge in [-0.1, -0.05) is 6.07 Å². The van der Waals surface area contributed by atoms with Crippen LogP contribution in [0.2, 0.25) is 0 Å². The van der Waals surface area contributed by atoms with Crippen LogP contribution in [0.15, 0.2) is 23.7 Å². The smallest absolute Gasteiger partial charge is 0.261 e. The van der Waals surface area contributed by atoms with Gasteiger partial charge in [-0.25, -0.2) is 0 Å². The van der Waals surface area contributed by atoms with Crippen molar-refractivity contribution in [3.8, 4) is 0 Å². The molecule has 1 saturated heterocycles. The first-order valence-corrected chi connectivity index (χ1v) is 7.81. The fourth-order valence-corrected chi connectivity index (χ4v) is 3.28. The van der Waals surface area contributed by atoms with Gasteiger partial charge in [0.2, 0.25) is 0 Å². The van der Waals surface area contributed by atoms with Gasteiger partial charge in [0.15, 0.2) is 5.82 Å². The molecule has 0 atom stereocenters. The number of amides is 1. The topological polar surface area (TPSA) is 58.1 Å². The number of carbonyl (C=O) groups excluding carboxylic acids is 1. The van der Waals surface area contributed by atoms with Crippen molar-refractivity contribution in [3.05, 3.63) is 28.6 Å². The van der Waals surface area contributed by atoms with Crippen LogP contribution in [-0.2, 0) is 0 Å². The second kappa shape index (κ2) is 5.66. The number of hydrogen-bond acceptors (Lipinski definition) is 6. The standard InChI is InChI=1S/C12H14N4OS2/c17-12(10-2-1-7-18-10)14-9-3-5-16(6-4-9)11-8-13-19-15-11/h1-2,7-9H,3-6H2,(H,14,17). The number of thiophene rings is 1. The van der Waals surface area contributed by atoms with Crippen LogP contribution in [0.3, 0.4) is 0 Å². The Morgan fingerprint density at radius 1 is 1.42 bits per heavy atom. The summed E-state index contributed by atoms with van der Waals surface area (Å²) >= 11 is 2.71. The Morgan fingerprint density at radius 2 is 2.26 bits per heavy atom. The Balaban J connectivity index is 1.52. The summed E-state index contributed by atoms with van der Waals surface area (Å²) in [7, 11) is 0. The van der Waals surface area contributed by atoms with E-state index in [0.717, 1.165) is 36.6 Å². The second-order valence-corrected chi connectivity index (χ2v) is 5.98. The van der Waals surface area contributed by atoms with E-state index in [1.807, 2.05) is 17.5 Å². The summed E-state index contributed by atoms with van der Waals surface area (Å²) in [4.78, 5) is 15.0. The van der Waals surface area contributed by atoms with Gasteiger partial charge in [0.1, 0.15) is 0 Å². The molecule has 0 bridgehead atoms. The molecule has 7 heteroatoms. The predicted molar refractivity (Wildman–Crippen MR) is 76.9 cm³/mol. The summed E-state index contributed by atoms with van der Waals surface area (Å²) in [5.41, 5.74) is 0. The fourth-order valence-electron chi connectivity index (χ4n) is 2.22. The highest BCUT2D eigenvalue weighted by Gasteiger charge is 2.22. The van der Waals surface area contributed by atoms with Crippen molar-refractivity contribution in [1.29, 1.82) is 0 Å². The third-order valence-corrected chi connectivity index (χ3v) is 4.59. The first-order valence-electron chi connectivity index (χ1n) is 6.20. The van der Waals surface area contributed by atoms with Crippen molar-refractivity contribution >= 4 is 34.8 Å². The van der Waals surface area contributed by atoms with Crippen LogP contribution in [-0.4, -0.2) is 33.8 Å². The van der Waals surface area contributed by atoms with E-state index in [2.05, 4.69) is 19.0 Å². The molecule has 1 aliphatic heterocycles. The highest BCUT2D eigenvalue weighted by atomic mass is 32.1. The lowest BCUT2D eigenvalue weighted by molar-refractivity contribution is 0.0935. The van der Waals surface area contributed by atoms with Gasteiger partial charge in [-0.3, -0.25) is 4.79 Å². The first kappa shape index (κ1) is 12.6. The van der Waals surface area contributed by atoms with Gasteiger partial charge in [-0.15, -0.1) is 11.3 Å². The van der Waals surface area contributed by atoms with E-state index in [1.54, 1.807) is 6.20 Å². The van der Waals surface area contributed by atoms with Gasteiger partial charge < -0.3 is 10.2 Å². The second-order valence-electron chi connectivity index (χ2n) is 4.48. The molecule has 0 aliphatic carbocycles. The van der Waals surface area contributed by atoms with Crippen molar-refractivity contribution in [2.24, 2.45) is 0 Å². The number of aromatic nitrogens is 2. The lowest BCUT2D eigenvalue weighted by Gasteiger charge is -2.32. The number of nitrogens with one attached hydrogen (secondary N) is 1. The molecule has 0 unspecified atom stereocenters. The number of anilines is 1. The molecular weight excluding hydrogens is 280 g/mol. The van der Waals surface area contributed by atoms with E-state index in [-0.39, 0.29) is 11.9 Å². The number of rotatable bonds is 3. The van der Waals surface area contributed by atoms with Crippen LogP contribution in [0.1, 0.15) is 22.5 Å². The summed E-state index contributed by atoms with van der Waals surface area (Å²) in [6, 6.07) is 4.02. The SMILES string of the molecule is O=C(NC1CCN(c2cnsn2)CC1)c1cccs1. The van der Waals surface area contributed by atoms with Gasteiger partial charge in [0.25, 0.3) is 5.91 Å². The van der Waals surface area contributed by atoms with Gasteiger partial charge in [0, 0.05) is 19.1 Å². The number of carbonyl (C=O) groups is 1. The van der Waals surface area contributed by atoms with Gasteiger partial charge >= 0.3 is 0 Å². The first-order chi connectivity index (χ1) is 9.33. The van der Waals surface area contributed by atoms with Crippen LogP contribution < -0.4 is 10.2 Å². The zero-order chi connectivity index (χ0) is 13.1. The number of hydrogen-bond donors (Lipinski definition) is 1. The molecule has 2 aromatic heterocycles. The van der Waals surface area contributed by atoms with Crippen molar-refractivity contribution in [1.82, 2.24) is 14.1 Å². The Labute approximate surface area is 119 Å². The Morgan fingerprint density at radius 3 is 2.89 bits per heavy atom. The highest BCUT2D eigenvalue weighted by molar-refractivity contribution is 7.12. The van der Waals surface area contributed by atoms with E-state index in [9.17, 15) is 4.79 Å². The van der Waals surface area contributed by atoms with Crippen LogP contribution in [0.5, 0.6) is 0 Å². The fraction of sp³-hybridized carbons (Fsp3) is 0.417. The molecule has 1 fully saturated rings. The largest absolute Gasteiger partial charge is 0.354 e. The zero-order valence-corrected chi connectivity index (χ0v) is 11.9. The highest BCUT2D eigenvalue weighted by Crippen LogP contribution is 2.18. The van der Waals surface area contributed by atoms with Crippen LogP contribution in [0, 0.1) is 0 Å². The number of nitrogens with zero attached hydrogens (tertiary/aromatic N) is 3. The maximum absolute atomic E-state index is 11.9. The van der Waals surface area contributed by atoms with E-state index < -0.39 is 0 Å². The monoisotopic (exact) mass is 294 g/mol. The Hall–Kier alpha value is -1.47. The molecule has 0 aromatic carbocycles. The van der Waals surface area contributed by atoms with Gasteiger partial charge in [-0.2, -0.15) is 8.75 Å².